The van der Waals surface area contributed by atoms with E-state index in [0.29, 0.717) is 4.57 Å². The Morgan fingerprint density at radius 1 is 1.16 bits per heavy atom. The molecule has 16 nitrogen and oxygen atoms in total. The number of hydrogen-bond donors (Lipinski definition) is 6. The van der Waals surface area contributed by atoms with Gasteiger partial charge in [0.1, 0.15) is 5.82 Å². The molecule has 5 unspecified atom stereocenters. The fourth-order valence-electron chi connectivity index (χ4n) is 2.03. The quantitative estimate of drug-likeness (QED) is 0.101. The van der Waals surface area contributed by atoms with Gasteiger partial charge in [0.15, 0.2) is 12.4 Å². The Morgan fingerprint density at radius 3 is 2.31 bits per heavy atom. The normalized spacial score (nSPS) is 19.0. The summed E-state index contributed by atoms with van der Waals surface area (Å²) in [6.07, 6.45) is -4.94. The Bertz CT molecular complexity index is 961. The number of rotatable bonds is 14. The van der Waals surface area contributed by atoms with E-state index in [4.69, 9.17) is 36.8 Å². The van der Waals surface area contributed by atoms with Crippen molar-refractivity contribution < 1.29 is 60.6 Å². The first-order chi connectivity index (χ1) is 14.6. The first-order valence-corrected chi connectivity index (χ1v) is 13.2. The Hall–Kier alpha value is -0.770. The molecule has 7 N–H and O–H groups in total. The van der Waals surface area contributed by atoms with Crippen LogP contribution in [0.5, 0.6) is 0 Å². The molecule has 0 aliphatic heterocycles. The number of alkyl halides is 2. The number of aliphatic hydroxyl groups is 1. The van der Waals surface area contributed by atoms with Gasteiger partial charge in [-0.1, -0.05) is 0 Å². The monoisotopic (exact) mass is 549 g/mol. The number of halogens is 2. The number of nitrogens with two attached hydrogens (primary N) is 1. The standard InChI is InChI=1S/C11H20ClFN3O13P3/c12-3-1-7(17)9(13)10(16-4-2-8(14)15-11(16)18)26-5-6-27-31(22,23)29-32(24,25)28-30(19,20)21/h2,4,7,9-10,17H,1,3,5-6H2,(H,22,23)(H,24,25)(H2,14,15,18)(H2,19,20,21). The highest BCUT2D eigenvalue weighted by Gasteiger charge is 2.40. The Kier molecular flexibility index (Phi) is 11.1. The molecule has 0 fully saturated rings. The van der Waals surface area contributed by atoms with Crippen LogP contribution in [0.1, 0.15) is 12.6 Å². The minimum atomic E-state index is -5.71. The van der Waals surface area contributed by atoms with Gasteiger partial charge in [0.25, 0.3) is 0 Å². The predicted octanol–water partition coefficient (Wildman–Crippen LogP) is 0.0119. The smallest absolute Gasteiger partial charge is 0.390 e. The summed E-state index contributed by atoms with van der Waals surface area (Å²) in [6.45, 7) is -1.67. The van der Waals surface area contributed by atoms with Crippen molar-refractivity contribution in [2.45, 2.75) is 24.9 Å². The largest absolute Gasteiger partial charge is 0.490 e. The molecule has 0 bridgehead atoms. The van der Waals surface area contributed by atoms with Crippen LogP contribution in [0.3, 0.4) is 0 Å². The molecule has 1 aromatic heterocycles. The number of phosphoric acid groups is 3. The molecule has 5 atom stereocenters. The number of phosphoric ester groups is 1. The van der Waals surface area contributed by atoms with E-state index in [9.17, 15) is 32.9 Å². The maximum absolute atomic E-state index is 14.7. The number of nitrogens with zero attached hydrogens (tertiary/aromatic N) is 2. The van der Waals surface area contributed by atoms with Gasteiger partial charge in [-0.2, -0.15) is 13.6 Å². The van der Waals surface area contributed by atoms with Gasteiger partial charge in [0, 0.05) is 12.1 Å². The molecule has 0 radical (unpaired) electrons. The Balaban J connectivity index is 2.84. The van der Waals surface area contributed by atoms with Gasteiger partial charge in [-0.05, 0) is 12.5 Å². The fraction of sp³-hybridized carbons (Fsp3) is 0.636. The lowest BCUT2D eigenvalue weighted by molar-refractivity contribution is -0.0993. The Morgan fingerprint density at radius 2 is 1.78 bits per heavy atom. The lowest BCUT2D eigenvalue weighted by atomic mass is 10.1. The third-order valence-electron chi connectivity index (χ3n) is 3.21. The maximum atomic E-state index is 14.7. The number of hydrogen-bond acceptors (Lipinski definition) is 11. The minimum Gasteiger partial charge on any atom is -0.390 e. The van der Waals surface area contributed by atoms with Crippen molar-refractivity contribution in [3.63, 3.8) is 0 Å². The number of nitrogen functional groups attached to an aromatic ring is 1. The summed E-state index contributed by atoms with van der Waals surface area (Å²) >= 11 is 5.45. The third kappa shape index (κ3) is 10.4. The van der Waals surface area contributed by atoms with Crippen LogP contribution in [-0.2, 0) is 31.6 Å². The zero-order valence-electron chi connectivity index (χ0n) is 15.8. The average molecular weight is 550 g/mol. The van der Waals surface area contributed by atoms with E-state index in [0.717, 1.165) is 12.3 Å². The van der Waals surface area contributed by atoms with Gasteiger partial charge in [-0.15, -0.1) is 11.6 Å². The summed E-state index contributed by atoms with van der Waals surface area (Å²) in [5, 5.41) is 9.83. The van der Waals surface area contributed by atoms with Crippen molar-refractivity contribution in [2.24, 2.45) is 0 Å². The molecule has 0 aromatic carbocycles. The van der Waals surface area contributed by atoms with Gasteiger partial charge >= 0.3 is 29.2 Å². The molecule has 0 spiro atoms. The second kappa shape index (κ2) is 12.1. The van der Waals surface area contributed by atoms with Crippen molar-refractivity contribution in [2.75, 3.05) is 24.8 Å². The first-order valence-electron chi connectivity index (χ1n) is 8.19. The van der Waals surface area contributed by atoms with Crippen LogP contribution < -0.4 is 11.4 Å². The van der Waals surface area contributed by atoms with Crippen LogP contribution in [0, 0.1) is 0 Å². The molecule has 186 valence electrons. The second-order valence-corrected chi connectivity index (χ2v) is 10.5. The highest BCUT2D eigenvalue weighted by molar-refractivity contribution is 7.66. The number of aromatic nitrogens is 2. The summed E-state index contributed by atoms with van der Waals surface area (Å²) in [6, 6.07) is 1.13. The van der Waals surface area contributed by atoms with Crippen molar-refractivity contribution in [3.8, 4) is 0 Å². The van der Waals surface area contributed by atoms with Gasteiger partial charge in [-0.3, -0.25) is 9.09 Å². The predicted molar refractivity (Wildman–Crippen MR) is 104 cm³/mol. The van der Waals surface area contributed by atoms with E-state index in [1.807, 2.05) is 0 Å². The summed E-state index contributed by atoms with van der Waals surface area (Å²) in [7, 11) is -16.7. The number of anilines is 1. The topological polar surface area (TPSA) is 250 Å². The zero-order valence-corrected chi connectivity index (χ0v) is 19.2. The summed E-state index contributed by atoms with van der Waals surface area (Å²) in [5.41, 5.74) is 4.30. The summed E-state index contributed by atoms with van der Waals surface area (Å²) < 4.78 is 65.1. The molecule has 0 saturated heterocycles. The van der Waals surface area contributed by atoms with Crippen LogP contribution in [0.2, 0.25) is 0 Å². The molecular weight excluding hydrogens is 530 g/mol. The van der Waals surface area contributed by atoms with Crippen LogP contribution in [0.25, 0.3) is 0 Å². The highest BCUT2D eigenvalue weighted by atomic mass is 35.5. The van der Waals surface area contributed by atoms with E-state index in [1.54, 1.807) is 0 Å². The maximum Gasteiger partial charge on any atom is 0.490 e. The van der Waals surface area contributed by atoms with Crippen LogP contribution in [0.4, 0.5) is 10.2 Å². The molecule has 1 heterocycles. The number of ether oxygens (including phenoxy) is 1. The SMILES string of the molecule is Nc1ccn(C(OCCOP(=O)(O)OP(=O)(O)OP(=O)(O)O)C(F)C(O)CCCl)c(=O)n1. The minimum absolute atomic E-state index is 0.130. The van der Waals surface area contributed by atoms with E-state index in [2.05, 4.69) is 18.1 Å². The second-order valence-electron chi connectivity index (χ2n) is 5.72. The van der Waals surface area contributed by atoms with Gasteiger partial charge in [-0.25, -0.2) is 22.9 Å². The highest BCUT2D eigenvalue weighted by Crippen LogP contribution is 2.66. The molecule has 21 heteroatoms. The van der Waals surface area contributed by atoms with Crippen LogP contribution in [0.15, 0.2) is 17.1 Å². The van der Waals surface area contributed by atoms with Gasteiger partial charge < -0.3 is 35.2 Å². The van der Waals surface area contributed by atoms with Crippen molar-refractivity contribution in [1.29, 1.82) is 0 Å². The first kappa shape index (κ1) is 29.3. The summed E-state index contributed by atoms with van der Waals surface area (Å²) in [4.78, 5) is 50.6. The molecule has 0 aliphatic carbocycles. The van der Waals surface area contributed by atoms with Crippen molar-refractivity contribution >= 4 is 40.9 Å². The zero-order chi connectivity index (χ0) is 24.7. The molecule has 0 amide bonds. The summed E-state index contributed by atoms with van der Waals surface area (Å²) in [5.74, 6) is -0.315. The van der Waals surface area contributed by atoms with Gasteiger partial charge in [0.05, 0.1) is 19.3 Å². The fourth-order valence-corrected chi connectivity index (χ4v) is 5.25. The van der Waals surface area contributed by atoms with Crippen LogP contribution >= 0.6 is 35.1 Å². The Labute approximate surface area is 184 Å². The molecule has 32 heavy (non-hydrogen) atoms. The van der Waals surface area contributed by atoms with E-state index in [-0.39, 0.29) is 18.1 Å². The van der Waals surface area contributed by atoms with Crippen molar-refractivity contribution in [3.05, 3.63) is 22.7 Å². The molecule has 1 rings (SSSR count). The van der Waals surface area contributed by atoms with E-state index < -0.39 is 60.9 Å². The average Bonchev–Trinajstić information content (AvgIpc) is 2.59. The lowest BCUT2D eigenvalue weighted by Gasteiger charge is -2.26. The number of aliphatic hydroxyl groups excluding tert-OH is 1. The molecule has 0 saturated carbocycles. The van der Waals surface area contributed by atoms with Crippen molar-refractivity contribution in [1.82, 2.24) is 9.55 Å². The van der Waals surface area contributed by atoms with Crippen LogP contribution in [-0.4, -0.2) is 65.6 Å². The molecule has 0 aliphatic rings. The molecule has 1 aromatic rings. The van der Waals surface area contributed by atoms with Gasteiger partial charge in [0.2, 0.25) is 0 Å². The molecular formula is C11H20ClFN3O13P3. The van der Waals surface area contributed by atoms with E-state index >= 15 is 0 Å². The lowest BCUT2D eigenvalue weighted by Crippen LogP contribution is -2.39. The third-order valence-corrected chi connectivity index (χ3v) is 7.27. The van der Waals surface area contributed by atoms with E-state index in [1.165, 1.54) is 0 Å².